The molecule has 0 radical (unpaired) electrons. The summed E-state index contributed by atoms with van der Waals surface area (Å²) in [4.78, 5) is 72.8. The maximum absolute atomic E-state index is 16.5. The first-order valence-electron chi connectivity index (χ1n) is 20.7. The average Bonchev–Trinajstić information content (AvgIpc) is 4.02. The van der Waals surface area contributed by atoms with E-state index in [-0.39, 0.29) is 64.2 Å². The molecule has 3 N–H and O–H groups in total. The molecule has 4 aromatic rings. The number of nitrogens with zero attached hydrogens (tertiary/aromatic N) is 3. The van der Waals surface area contributed by atoms with Gasteiger partial charge in [0.25, 0.3) is 5.91 Å². The fourth-order valence-corrected chi connectivity index (χ4v) is 11.7. The Kier molecular flexibility index (Phi) is 13.9. The molecule has 5 heterocycles. The van der Waals surface area contributed by atoms with Gasteiger partial charge in [0.1, 0.15) is 17.8 Å². The number of carbonyl (C=O) groups excluding carboxylic acids is 4. The molecule has 14 nitrogen and oxygen atoms in total. The SMILES string of the molecule is CC(C)(CO)C(=O)SCCOP(=O)(Oc1ccccc1)C(F)(F)c1ccc2sc(C(=O)N[C@H]3CCCC[C@H]4CC[C@@H](C(=O)N5C[C@H](c6cc[nH]c(=O)c6)[C@@H](C#N)C5)N4C3=O)cc2c1. The van der Waals surface area contributed by atoms with Crippen LogP contribution in [0.15, 0.2) is 77.7 Å². The minimum Gasteiger partial charge on any atom is -0.420 e. The lowest BCUT2D eigenvalue weighted by molar-refractivity contribution is -0.146. The number of likely N-dealkylation sites (tertiary alicyclic amines) is 1. The van der Waals surface area contributed by atoms with Gasteiger partial charge < -0.3 is 29.7 Å². The van der Waals surface area contributed by atoms with Crippen molar-refractivity contribution >= 4 is 63.6 Å². The standard InChI is InChI=1S/C44H48F2N5O9PS2/c1-43(2,26-52)42(57)62-19-18-59-61(58,60-32-9-4-3-5-10-32)44(45,46)30-12-15-36-28(20-30)21-37(63-36)39(54)49-34-11-7-6-8-31-13-14-35(51(31)40(34)55)41(56)50-24-29(23-47)33(25-50)27-16-17-48-38(53)22-27/h3-5,9-10,12,15-17,20-22,29,31,33-35,52H,6-8,11,13-14,18-19,24-26H2,1-2H3,(H,48,53)(H,49,54)/t29-,31-,33+,34-,35-,61?/m0/s1. The van der Waals surface area contributed by atoms with Gasteiger partial charge in [0.15, 0.2) is 5.12 Å². The first kappa shape index (κ1) is 46.1. The molecule has 3 fully saturated rings. The molecular weight excluding hydrogens is 876 g/mol. The molecule has 6 atom stereocenters. The number of thiophene rings is 1. The number of rotatable bonds is 14. The van der Waals surface area contributed by atoms with Crippen molar-refractivity contribution in [2.75, 3.05) is 32.1 Å². The summed E-state index contributed by atoms with van der Waals surface area (Å²) in [6.45, 7) is 2.50. The van der Waals surface area contributed by atoms with E-state index in [2.05, 4.69) is 16.4 Å². The molecule has 63 heavy (non-hydrogen) atoms. The van der Waals surface area contributed by atoms with Crippen LogP contribution in [0, 0.1) is 22.7 Å². The number of H-pyrrole nitrogens is 1. The molecule has 334 valence electrons. The summed E-state index contributed by atoms with van der Waals surface area (Å²) < 4.78 is 58.3. The number of aliphatic hydroxyl groups is 1. The van der Waals surface area contributed by atoms with Crippen molar-refractivity contribution in [1.29, 1.82) is 5.26 Å². The fraction of sp³-hybridized carbons (Fsp3) is 0.455. The Hall–Kier alpha value is -4.92. The molecule has 7 rings (SSSR count). The predicted molar refractivity (Wildman–Crippen MR) is 234 cm³/mol. The van der Waals surface area contributed by atoms with Crippen LogP contribution >= 0.6 is 30.7 Å². The minimum absolute atomic E-state index is 0.125. The Bertz CT molecular complexity index is 2510. The van der Waals surface area contributed by atoms with Crippen LogP contribution < -0.4 is 15.4 Å². The number of benzene rings is 2. The number of nitriles is 1. The predicted octanol–water partition coefficient (Wildman–Crippen LogP) is 7.00. The maximum Gasteiger partial charge on any atom is 0.453 e. The van der Waals surface area contributed by atoms with Crippen molar-refractivity contribution in [2.45, 2.75) is 82.1 Å². The highest BCUT2D eigenvalue weighted by Gasteiger charge is 2.57. The highest BCUT2D eigenvalue weighted by Crippen LogP contribution is 2.66. The summed E-state index contributed by atoms with van der Waals surface area (Å²) in [6.07, 6.45) is 4.99. The largest absolute Gasteiger partial charge is 0.453 e. The van der Waals surface area contributed by atoms with Crippen molar-refractivity contribution < 1.29 is 46.7 Å². The number of hydrogen-bond donors (Lipinski definition) is 3. The molecule has 3 saturated heterocycles. The van der Waals surface area contributed by atoms with Gasteiger partial charge in [-0.3, -0.25) is 28.5 Å². The van der Waals surface area contributed by atoms with E-state index in [1.54, 1.807) is 21.9 Å². The summed E-state index contributed by atoms with van der Waals surface area (Å²) in [5.41, 5.74) is -5.62. The van der Waals surface area contributed by atoms with E-state index in [0.717, 1.165) is 41.7 Å². The summed E-state index contributed by atoms with van der Waals surface area (Å²) in [6, 6.07) is 15.8. The van der Waals surface area contributed by atoms with E-state index in [9.17, 15) is 38.9 Å². The monoisotopic (exact) mass is 923 g/mol. The van der Waals surface area contributed by atoms with Crippen LogP contribution in [0.25, 0.3) is 10.1 Å². The first-order chi connectivity index (χ1) is 30.0. The summed E-state index contributed by atoms with van der Waals surface area (Å²) in [5, 5.41) is 22.2. The molecule has 3 aliphatic heterocycles. The number of hydrogen-bond acceptors (Lipinski definition) is 12. The Labute approximate surface area is 370 Å². The molecular formula is C44H48F2N5O9PS2. The molecule has 0 spiro atoms. The van der Waals surface area contributed by atoms with Gasteiger partial charge in [0, 0.05) is 53.3 Å². The van der Waals surface area contributed by atoms with Crippen LogP contribution in [-0.4, -0.2) is 92.9 Å². The molecule has 2 aromatic carbocycles. The third-order valence-corrected chi connectivity index (χ3v) is 16.1. The molecule has 1 unspecified atom stereocenters. The van der Waals surface area contributed by atoms with Gasteiger partial charge in [-0.1, -0.05) is 48.9 Å². The number of para-hydroxylation sites is 1. The number of aromatic amines is 1. The lowest BCUT2D eigenvalue weighted by Gasteiger charge is -2.36. The van der Waals surface area contributed by atoms with E-state index in [0.29, 0.717) is 42.4 Å². The van der Waals surface area contributed by atoms with E-state index in [1.165, 1.54) is 62.5 Å². The van der Waals surface area contributed by atoms with Crippen molar-refractivity contribution in [3.8, 4) is 11.8 Å². The number of aromatic nitrogens is 1. The van der Waals surface area contributed by atoms with Gasteiger partial charge in [0.2, 0.25) is 17.4 Å². The zero-order valence-electron chi connectivity index (χ0n) is 34.7. The number of amides is 3. The normalized spacial score (nSPS) is 22.7. The number of alkyl halides is 2. The van der Waals surface area contributed by atoms with Crippen molar-refractivity contribution in [1.82, 2.24) is 20.1 Å². The van der Waals surface area contributed by atoms with Crippen molar-refractivity contribution in [3.63, 3.8) is 0 Å². The molecule has 3 aliphatic rings. The third kappa shape index (κ3) is 9.78. The highest BCUT2D eigenvalue weighted by atomic mass is 32.2. The Balaban J connectivity index is 1.06. The van der Waals surface area contributed by atoms with Crippen LogP contribution in [0.2, 0.25) is 0 Å². The number of thioether (sulfide) groups is 1. The lowest BCUT2D eigenvalue weighted by Crippen LogP contribution is -2.56. The molecule has 3 amide bonds. The Morgan fingerprint density at radius 1 is 1.03 bits per heavy atom. The lowest BCUT2D eigenvalue weighted by atomic mass is 9.91. The van der Waals surface area contributed by atoms with Crippen LogP contribution in [0.4, 0.5) is 8.78 Å². The van der Waals surface area contributed by atoms with Gasteiger partial charge >= 0.3 is 13.3 Å². The summed E-state index contributed by atoms with van der Waals surface area (Å²) in [7, 11) is -5.33. The molecule has 19 heteroatoms. The van der Waals surface area contributed by atoms with E-state index in [4.69, 9.17) is 9.05 Å². The van der Waals surface area contributed by atoms with Gasteiger partial charge in [-0.25, -0.2) is 4.57 Å². The molecule has 2 aromatic heterocycles. The highest BCUT2D eigenvalue weighted by molar-refractivity contribution is 8.13. The van der Waals surface area contributed by atoms with Gasteiger partial charge in [-0.05, 0) is 86.9 Å². The van der Waals surface area contributed by atoms with Crippen molar-refractivity contribution in [3.05, 3.63) is 99.3 Å². The second kappa shape index (κ2) is 19.0. The average molecular weight is 924 g/mol. The fourth-order valence-electron chi connectivity index (χ4n) is 8.33. The second-order valence-electron chi connectivity index (χ2n) is 16.7. The zero-order valence-corrected chi connectivity index (χ0v) is 37.2. The zero-order chi connectivity index (χ0) is 45.1. The van der Waals surface area contributed by atoms with Crippen LogP contribution in [0.1, 0.15) is 79.1 Å². The molecule has 0 saturated carbocycles. The number of aliphatic hydroxyl groups excluding tert-OH is 1. The Morgan fingerprint density at radius 3 is 2.52 bits per heavy atom. The third-order valence-electron chi connectivity index (χ3n) is 11.9. The first-order valence-corrected chi connectivity index (χ1v) is 24.1. The molecule has 0 aliphatic carbocycles. The molecule has 0 bridgehead atoms. The van der Waals surface area contributed by atoms with E-state index >= 15 is 8.78 Å². The number of pyridine rings is 1. The number of nitrogens with one attached hydrogen (secondary N) is 2. The van der Waals surface area contributed by atoms with Gasteiger partial charge in [0.05, 0.1) is 35.5 Å². The van der Waals surface area contributed by atoms with Crippen LogP contribution in [0.3, 0.4) is 0 Å². The smallest absolute Gasteiger partial charge is 0.420 e. The second-order valence-corrected chi connectivity index (χ2v) is 20.8. The van der Waals surface area contributed by atoms with Crippen LogP contribution in [0.5, 0.6) is 5.75 Å². The van der Waals surface area contributed by atoms with E-state index < -0.39 is 66.5 Å². The summed E-state index contributed by atoms with van der Waals surface area (Å²) in [5.74, 6) is -2.43. The maximum atomic E-state index is 16.5. The van der Waals surface area contributed by atoms with Gasteiger partial charge in [-0.15, -0.1) is 11.3 Å². The van der Waals surface area contributed by atoms with Gasteiger partial charge in [-0.2, -0.15) is 14.0 Å². The topological polar surface area (TPSA) is 199 Å². The quantitative estimate of drug-likeness (QED) is 0.0869. The van der Waals surface area contributed by atoms with E-state index in [1.807, 2.05) is 0 Å². The summed E-state index contributed by atoms with van der Waals surface area (Å²) >= 11 is 1.78. The minimum atomic E-state index is -5.33. The number of fused-ring (bicyclic) bond motifs is 2. The number of halogens is 2. The van der Waals surface area contributed by atoms with Crippen LogP contribution in [-0.2, 0) is 29.1 Å². The number of carbonyl (C=O) groups is 4. The van der Waals surface area contributed by atoms with Crippen molar-refractivity contribution in [2.24, 2.45) is 11.3 Å². The Morgan fingerprint density at radius 2 is 1.79 bits per heavy atom.